The summed E-state index contributed by atoms with van der Waals surface area (Å²) in [6.07, 6.45) is 2.36. The first-order valence-corrected chi connectivity index (χ1v) is 7.04. The summed E-state index contributed by atoms with van der Waals surface area (Å²) in [5, 5.41) is 0. The third-order valence-corrected chi connectivity index (χ3v) is 3.94. The largest absolute Gasteiger partial charge is 0.384 e. The van der Waals surface area contributed by atoms with Crippen LogP contribution in [-0.4, -0.2) is 43.5 Å². The van der Waals surface area contributed by atoms with Gasteiger partial charge in [0.15, 0.2) is 5.78 Å². The topological polar surface area (TPSA) is 29.5 Å². The predicted molar refractivity (Wildman–Crippen MR) is 76.4 cm³/mol. The van der Waals surface area contributed by atoms with Crippen molar-refractivity contribution in [2.24, 2.45) is 5.92 Å². The Balaban J connectivity index is 1.99. The molecule has 0 aliphatic carbocycles. The van der Waals surface area contributed by atoms with Gasteiger partial charge in [0, 0.05) is 19.2 Å². The molecule has 0 saturated carbocycles. The molecule has 0 bridgehead atoms. The van der Waals surface area contributed by atoms with Crippen molar-refractivity contribution in [2.75, 3.05) is 26.8 Å². The number of ketones is 1. The van der Waals surface area contributed by atoms with Crippen molar-refractivity contribution in [1.29, 1.82) is 0 Å². The van der Waals surface area contributed by atoms with Crippen LogP contribution in [0.15, 0.2) is 30.3 Å². The normalized spacial score (nSPS) is 22.1. The van der Waals surface area contributed by atoms with E-state index >= 15 is 0 Å². The van der Waals surface area contributed by atoms with E-state index in [4.69, 9.17) is 4.74 Å². The number of hydrogen-bond acceptors (Lipinski definition) is 3. The molecule has 1 aliphatic heterocycles. The Morgan fingerprint density at radius 1 is 1.42 bits per heavy atom. The molecule has 2 atom stereocenters. The van der Waals surface area contributed by atoms with Crippen LogP contribution in [0.3, 0.4) is 0 Å². The summed E-state index contributed by atoms with van der Waals surface area (Å²) < 4.78 is 5.24. The molecule has 1 fully saturated rings. The molecule has 1 aliphatic rings. The second-order valence-corrected chi connectivity index (χ2v) is 5.36. The molecule has 0 spiro atoms. The van der Waals surface area contributed by atoms with Crippen LogP contribution in [0.25, 0.3) is 0 Å². The van der Waals surface area contributed by atoms with Crippen LogP contribution in [-0.2, 0) is 4.74 Å². The molecule has 1 aromatic carbocycles. The van der Waals surface area contributed by atoms with E-state index in [0.29, 0.717) is 5.92 Å². The predicted octanol–water partition coefficient (Wildman–Crippen LogP) is 2.62. The summed E-state index contributed by atoms with van der Waals surface area (Å²) in [4.78, 5) is 14.7. The second kappa shape index (κ2) is 6.83. The van der Waals surface area contributed by atoms with Gasteiger partial charge >= 0.3 is 0 Å². The lowest BCUT2D eigenvalue weighted by Gasteiger charge is -2.35. The van der Waals surface area contributed by atoms with Gasteiger partial charge in [0.2, 0.25) is 0 Å². The van der Waals surface area contributed by atoms with Crippen LogP contribution < -0.4 is 0 Å². The molecular weight excluding hydrogens is 238 g/mol. The fourth-order valence-electron chi connectivity index (χ4n) is 2.83. The standard InChI is InChI=1S/C16H23NO2/c1-13(16(18)15-8-4-3-5-9-15)17-10-6-7-14(11-17)12-19-2/h3-5,8-9,13-14H,6-7,10-12H2,1-2H3. The number of piperidine rings is 1. The fraction of sp³-hybridized carbons (Fsp3) is 0.562. The van der Waals surface area contributed by atoms with Gasteiger partial charge in [-0.2, -0.15) is 0 Å². The van der Waals surface area contributed by atoms with Crippen LogP contribution in [0, 0.1) is 5.92 Å². The van der Waals surface area contributed by atoms with Crippen LogP contribution in [0.2, 0.25) is 0 Å². The van der Waals surface area contributed by atoms with Gasteiger partial charge in [0.05, 0.1) is 12.6 Å². The summed E-state index contributed by atoms with van der Waals surface area (Å²) in [7, 11) is 1.75. The molecule has 0 aromatic heterocycles. The minimum atomic E-state index is -0.0398. The van der Waals surface area contributed by atoms with Crippen molar-refractivity contribution < 1.29 is 9.53 Å². The Bertz CT molecular complexity index is 402. The molecule has 0 radical (unpaired) electrons. The summed E-state index contributed by atoms with van der Waals surface area (Å²) in [5.74, 6) is 0.781. The van der Waals surface area contributed by atoms with Crippen molar-refractivity contribution in [3.05, 3.63) is 35.9 Å². The Kier molecular flexibility index (Phi) is 5.11. The van der Waals surface area contributed by atoms with Crippen LogP contribution in [0.5, 0.6) is 0 Å². The molecule has 1 heterocycles. The van der Waals surface area contributed by atoms with Crippen LogP contribution >= 0.6 is 0 Å². The molecule has 0 amide bonds. The lowest BCUT2D eigenvalue weighted by Crippen LogP contribution is -2.46. The number of rotatable bonds is 5. The number of hydrogen-bond donors (Lipinski definition) is 0. The first-order valence-electron chi connectivity index (χ1n) is 7.04. The Labute approximate surface area is 115 Å². The number of benzene rings is 1. The highest BCUT2D eigenvalue weighted by Crippen LogP contribution is 2.20. The SMILES string of the molecule is COCC1CCCN(C(C)C(=O)c2ccccc2)C1. The average Bonchev–Trinajstić information content (AvgIpc) is 2.47. The lowest BCUT2D eigenvalue weighted by atomic mass is 9.95. The molecule has 2 unspecified atom stereocenters. The minimum absolute atomic E-state index is 0.0398. The Morgan fingerprint density at radius 3 is 2.84 bits per heavy atom. The van der Waals surface area contributed by atoms with E-state index in [1.165, 1.54) is 6.42 Å². The first kappa shape index (κ1) is 14.2. The summed E-state index contributed by atoms with van der Waals surface area (Å²) in [6.45, 7) is 4.79. The maximum absolute atomic E-state index is 12.4. The number of ether oxygens (including phenoxy) is 1. The number of nitrogens with zero attached hydrogens (tertiary/aromatic N) is 1. The van der Waals surface area contributed by atoms with Gasteiger partial charge in [-0.3, -0.25) is 9.69 Å². The summed E-state index contributed by atoms with van der Waals surface area (Å²) in [6, 6.07) is 9.54. The monoisotopic (exact) mass is 261 g/mol. The number of carbonyl (C=O) groups excluding carboxylic acids is 1. The Hall–Kier alpha value is -1.19. The van der Waals surface area contributed by atoms with Gasteiger partial charge in [-0.1, -0.05) is 30.3 Å². The molecule has 1 aromatic rings. The number of carbonyl (C=O) groups is 1. The minimum Gasteiger partial charge on any atom is -0.384 e. The lowest BCUT2D eigenvalue weighted by molar-refractivity contribution is 0.0595. The van der Waals surface area contributed by atoms with Gasteiger partial charge in [-0.25, -0.2) is 0 Å². The van der Waals surface area contributed by atoms with Crippen LogP contribution in [0.4, 0.5) is 0 Å². The number of methoxy groups -OCH3 is 1. The number of likely N-dealkylation sites (tertiary alicyclic amines) is 1. The van der Waals surface area contributed by atoms with Crippen molar-refractivity contribution >= 4 is 5.78 Å². The first-order chi connectivity index (χ1) is 9.22. The van der Waals surface area contributed by atoms with Gasteiger partial charge in [-0.05, 0) is 32.2 Å². The highest BCUT2D eigenvalue weighted by molar-refractivity contribution is 5.99. The smallest absolute Gasteiger partial charge is 0.179 e. The molecule has 3 heteroatoms. The van der Waals surface area contributed by atoms with E-state index in [0.717, 1.165) is 31.7 Å². The van der Waals surface area contributed by atoms with Crippen molar-refractivity contribution in [3.8, 4) is 0 Å². The van der Waals surface area contributed by atoms with Gasteiger partial charge in [0.1, 0.15) is 0 Å². The molecule has 19 heavy (non-hydrogen) atoms. The van der Waals surface area contributed by atoms with Crippen molar-refractivity contribution in [3.63, 3.8) is 0 Å². The Morgan fingerprint density at radius 2 is 2.16 bits per heavy atom. The van der Waals surface area contributed by atoms with E-state index in [-0.39, 0.29) is 11.8 Å². The highest BCUT2D eigenvalue weighted by Gasteiger charge is 2.27. The zero-order valence-corrected chi connectivity index (χ0v) is 11.8. The second-order valence-electron chi connectivity index (χ2n) is 5.36. The fourth-order valence-corrected chi connectivity index (χ4v) is 2.83. The highest BCUT2D eigenvalue weighted by atomic mass is 16.5. The maximum Gasteiger partial charge on any atom is 0.179 e. The number of Topliss-reactive ketones (excluding diaryl/α,β-unsaturated/α-hetero) is 1. The van der Waals surface area contributed by atoms with E-state index < -0.39 is 0 Å². The summed E-state index contributed by atoms with van der Waals surface area (Å²) in [5.41, 5.74) is 0.809. The third kappa shape index (κ3) is 3.64. The van der Waals surface area contributed by atoms with E-state index in [9.17, 15) is 4.79 Å². The molecule has 104 valence electrons. The molecule has 3 nitrogen and oxygen atoms in total. The average molecular weight is 261 g/mol. The van der Waals surface area contributed by atoms with E-state index in [1.807, 2.05) is 37.3 Å². The zero-order chi connectivity index (χ0) is 13.7. The maximum atomic E-state index is 12.4. The van der Waals surface area contributed by atoms with Crippen molar-refractivity contribution in [1.82, 2.24) is 4.90 Å². The molecule has 0 N–H and O–H groups in total. The zero-order valence-electron chi connectivity index (χ0n) is 11.8. The molecule has 2 rings (SSSR count). The van der Waals surface area contributed by atoms with Crippen LogP contribution in [0.1, 0.15) is 30.1 Å². The molecular formula is C16H23NO2. The summed E-state index contributed by atoms with van der Waals surface area (Å²) >= 11 is 0. The van der Waals surface area contributed by atoms with Crippen molar-refractivity contribution in [2.45, 2.75) is 25.8 Å². The van der Waals surface area contributed by atoms with E-state index in [1.54, 1.807) is 7.11 Å². The third-order valence-electron chi connectivity index (χ3n) is 3.94. The van der Waals surface area contributed by atoms with Gasteiger partial charge in [0.25, 0.3) is 0 Å². The van der Waals surface area contributed by atoms with Gasteiger partial charge in [-0.15, -0.1) is 0 Å². The quantitative estimate of drug-likeness (QED) is 0.763. The van der Waals surface area contributed by atoms with E-state index in [2.05, 4.69) is 4.90 Å². The molecule has 1 saturated heterocycles. The van der Waals surface area contributed by atoms with Gasteiger partial charge < -0.3 is 4.74 Å².